The van der Waals surface area contributed by atoms with E-state index in [4.69, 9.17) is 11.6 Å². The van der Waals surface area contributed by atoms with E-state index in [2.05, 4.69) is 25.3 Å². The Morgan fingerprint density at radius 3 is 2.74 bits per heavy atom. The van der Waals surface area contributed by atoms with E-state index < -0.39 is 17.6 Å². The molecule has 31 heavy (non-hydrogen) atoms. The summed E-state index contributed by atoms with van der Waals surface area (Å²) in [5.41, 5.74) is -2.42. The summed E-state index contributed by atoms with van der Waals surface area (Å²) in [6.07, 6.45) is 1.69. The first-order chi connectivity index (χ1) is 14.8. The van der Waals surface area contributed by atoms with Crippen molar-refractivity contribution >= 4 is 34.8 Å². The average molecular weight is 452 g/mol. The molecule has 8 nitrogen and oxygen atoms in total. The number of benzene rings is 1. The molecule has 2 aliphatic heterocycles. The number of carbonyl (C=O) groups excluding carboxylic acids is 1. The first-order valence-electron chi connectivity index (χ1n) is 9.67. The maximum Gasteiger partial charge on any atom is 0.487 e. The normalized spacial score (nSPS) is 18.5. The number of ether oxygens (including phenoxy) is 1. The molecule has 3 N–H and O–H groups in total. The van der Waals surface area contributed by atoms with Crippen molar-refractivity contribution in [3.8, 4) is 5.75 Å². The highest BCUT2D eigenvalue weighted by Crippen LogP contribution is 2.27. The molecule has 1 saturated heterocycles. The predicted octanol–water partition coefficient (Wildman–Crippen LogP) is 2.42. The number of β-amino-alcohol motifs (C(OH)–C–C–N with tert-alkyl or cyclic N) is 1. The molecule has 1 aromatic heterocycles. The molecule has 2 aromatic rings. The molecule has 11 heteroatoms. The van der Waals surface area contributed by atoms with Crippen molar-refractivity contribution in [2.45, 2.75) is 18.1 Å². The van der Waals surface area contributed by atoms with Gasteiger partial charge in [0.15, 0.2) is 0 Å². The molecule has 3 heterocycles. The van der Waals surface area contributed by atoms with Crippen LogP contribution in [0, 0.1) is 0 Å². The van der Waals surface area contributed by atoms with Gasteiger partial charge in [-0.05, 0) is 36.8 Å². The third-order valence-corrected chi connectivity index (χ3v) is 4.94. The minimum absolute atomic E-state index is 0.135. The molecule has 4 rings (SSSR count). The predicted molar refractivity (Wildman–Crippen MR) is 112 cm³/mol. The van der Waals surface area contributed by atoms with Gasteiger partial charge < -0.3 is 25.4 Å². The molecule has 1 fully saturated rings. The Balaban J connectivity index is 1.53. The van der Waals surface area contributed by atoms with Crippen molar-refractivity contribution in [1.82, 2.24) is 10.3 Å². The van der Waals surface area contributed by atoms with Crippen LogP contribution >= 0.6 is 11.6 Å². The van der Waals surface area contributed by atoms with Crippen LogP contribution in [0.2, 0.25) is 0 Å². The van der Waals surface area contributed by atoms with Gasteiger partial charge in [0.05, 0.1) is 23.8 Å². The van der Waals surface area contributed by atoms with Crippen LogP contribution in [0.15, 0.2) is 41.5 Å². The fourth-order valence-electron chi connectivity index (χ4n) is 3.46. The number of halogens is 3. The van der Waals surface area contributed by atoms with E-state index in [-0.39, 0.29) is 5.75 Å². The second kappa shape index (κ2) is 8.64. The minimum atomic E-state index is -3.81. The molecule has 0 saturated carbocycles. The number of anilines is 2. The van der Waals surface area contributed by atoms with Crippen LogP contribution in [0.25, 0.3) is 0 Å². The Morgan fingerprint density at radius 2 is 2.13 bits per heavy atom. The van der Waals surface area contributed by atoms with Crippen LogP contribution < -0.4 is 20.3 Å². The van der Waals surface area contributed by atoms with Crippen LogP contribution in [0.3, 0.4) is 0 Å². The maximum atomic E-state index is 12.7. The van der Waals surface area contributed by atoms with Gasteiger partial charge >= 0.3 is 5.57 Å². The monoisotopic (exact) mass is 451 g/mol. The molecule has 164 valence electrons. The first-order valence-corrected chi connectivity index (χ1v) is 10.1. The van der Waals surface area contributed by atoms with E-state index in [1.807, 2.05) is 4.90 Å². The lowest BCUT2D eigenvalue weighted by molar-refractivity contribution is -0.0964. The largest absolute Gasteiger partial charge is 0.487 e. The van der Waals surface area contributed by atoms with Crippen LogP contribution in [0.5, 0.6) is 5.75 Å². The standard InChI is InChI=1S/C20H20ClF2N5O3/c21-20(22,23)31-15-3-1-13(2-4-15)27-19(30)12-9-16(17-24-6-7-25-17)18(26-10-12)28-8-5-14(29)11-28/h1-4,9-10,14,29H,5-8,11H2,(H,24,25)(H,27,30). The number of carbonyl (C=O) groups is 1. The summed E-state index contributed by atoms with van der Waals surface area (Å²) < 4.78 is 29.7. The first kappa shape index (κ1) is 21.3. The van der Waals surface area contributed by atoms with Crippen molar-refractivity contribution in [3.63, 3.8) is 0 Å². The van der Waals surface area contributed by atoms with Crippen molar-refractivity contribution in [1.29, 1.82) is 0 Å². The minimum Gasteiger partial charge on any atom is -0.420 e. The number of rotatable bonds is 6. The highest BCUT2D eigenvalue weighted by Gasteiger charge is 2.28. The van der Waals surface area contributed by atoms with E-state index in [1.54, 1.807) is 6.07 Å². The van der Waals surface area contributed by atoms with Crippen LogP contribution in [0.4, 0.5) is 20.3 Å². The van der Waals surface area contributed by atoms with E-state index in [0.29, 0.717) is 61.1 Å². The number of hydrogen-bond donors (Lipinski definition) is 3. The zero-order valence-corrected chi connectivity index (χ0v) is 17.1. The third kappa shape index (κ3) is 5.20. The molecule has 0 aliphatic carbocycles. The number of hydrogen-bond acceptors (Lipinski definition) is 7. The van der Waals surface area contributed by atoms with Gasteiger partial charge in [-0.3, -0.25) is 9.79 Å². The third-order valence-electron chi connectivity index (χ3n) is 4.87. The molecular weight excluding hydrogens is 432 g/mol. The maximum absolute atomic E-state index is 12.7. The quantitative estimate of drug-likeness (QED) is 0.583. The highest BCUT2D eigenvalue weighted by molar-refractivity contribution is 6.20. The Morgan fingerprint density at radius 1 is 1.35 bits per heavy atom. The second-order valence-corrected chi connectivity index (χ2v) is 7.61. The Hall–Kier alpha value is -2.98. The number of alkyl halides is 3. The SMILES string of the molecule is O=C(Nc1ccc(OC(F)(F)Cl)cc1)c1cnc(N2CCC(O)C2)c(C2=NCCN2)c1. The van der Waals surface area contributed by atoms with Crippen molar-refractivity contribution < 1.29 is 23.4 Å². The number of aliphatic hydroxyl groups is 1. The molecule has 1 unspecified atom stereocenters. The Kier molecular flexibility index (Phi) is 5.92. The lowest BCUT2D eigenvalue weighted by Crippen LogP contribution is -2.28. The molecule has 0 spiro atoms. The Labute approximate surface area is 181 Å². The Bertz CT molecular complexity index is 997. The molecule has 2 aliphatic rings. The summed E-state index contributed by atoms with van der Waals surface area (Å²) >= 11 is 4.74. The van der Waals surface area contributed by atoms with Crippen molar-refractivity contribution in [2.24, 2.45) is 4.99 Å². The van der Waals surface area contributed by atoms with Crippen LogP contribution in [-0.2, 0) is 0 Å². The van der Waals surface area contributed by atoms with E-state index in [0.717, 1.165) is 0 Å². The molecule has 0 radical (unpaired) electrons. The number of amides is 1. The lowest BCUT2D eigenvalue weighted by Gasteiger charge is -2.21. The zero-order chi connectivity index (χ0) is 22.0. The summed E-state index contributed by atoms with van der Waals surface area (Å²) in [6.45, 7) is 2.46. The van der Waals surface area contributed by atoms with E-state index in [9.17, 15) is 18.7 Å². The summed E-state index contributed by atoms with van der Waals surface area (Å²) in [7, 11) is 0. The molecule has 1 atom stereocenters. The van der Waals surface area contributed by atoms with Crippen LogP contribution in [0.1, 0.15) is 22.3 Å². The summed E-state index contributed by atoms with van der Waals surface area (Å²) in [5, 5.41) is 15.8. The number of nitrogens with one attached hydrogen (secondary N) is 2. The van der Waals surface area contributed by atoms with Gasteiger partial charge in [0.1, 0.15) is 17.4 Å². The van der Waals surface area contributed by atoms with Gasteiger partial charge in [-0.1, -0.05) is 0 Å². The summed E-state index contributed by atoms with van der Waals surface area (Å²) in [5.74, 6) is 0.757. The molecule has 0 bridgehead atoms. The number of aromatic nitrogens is 1. The molecule has 1 aromatic carbocycles. The molecule has 1 amide bonds. The number of aliphatic imine (C=N–C) groups is 1. The summed E-state index contributed by atoms with van der Waals surface area (Å²) in [6, 6.07) is 7.09. The fourth-order valence-corrected chi connectivity index (χ4v) is 3.55. The zero-order valence-electron chi connectivity index (χ0n) is 16.3. The topological polar surface area (TPSA) is 99.1 Å². The number of pyridine rings is 1. The van der Waals surface area contributed by atoms with Gasteiger partial charge in [-0.25, -0.2) is 4.98 Å². The molecular formula is C20H20ClF2N5O3. The van der Waals surface area contributed by atoms with Gasteiger partial charge in [-0.15, -0.1) is 8.78 Å². The van der Waals surface area contributed by atoms with Crippen molar-refractivity contribution in [3.05, 3.63) is 47.7 Å². The average Bonchev–Trinajstić information content (AvgIpc) is 3.40. The smallest absolute Gasteiger partial charge is 0.420 e. The van der Waals surface area contributed by atoms with Crippen LogP contribution in [-0.4, -0.2) is 59.7 Å². The van der Waals surface area contributed by atoms with Gasteiger partial charge in [0.25, 0.3) is 5.91 Å². The van der Waals surface area contributed by atoms with Gasteiger partial charge in [0.2, 0.25) is 0 Å². The lowest BCUT2D eigenvalue weighted by atomic mass is 10.1. The van der Waals surface area contributed by atoms with Crippen molar-refractivity contribution in [2.75, 3.05) is 36.4 Å². The van der Waals surface area contributed by atoms with Gasteiger partial charge in [0, 0.05) is 43.1 Å². The second-order valence-electron chi connectivity index (χ2n) is 7.17. The van der Waals surface area contributed by atoms with E-state index >= 15 is 0 Å². The number of nitrogens with zero attached hydrogens (tertiary/aromatic N) is 3. The highest BCUT2D eigenvalue weighted by atomic mass is 35.5. The summed E-state index contributed by atoms with van der Waals surface area (Å²) in [4.78, 5) is 23.6. The van der Waals surface area contributed by atoms with Gasteiger partial charge in [-0.2, -0.15) is 0 Å². The fraction of sp³-hybridized carbons (Fsp3) is 0.350. The number of amidine groups is 1. The van der Waals surface area contributed by atoms with E-state index in [1.165, 1.54) is 30.5 Å². The number of aliphatic hydroxyl groups excluding tert-OH is 1.